The van der Waals surface area contributed by atoms with E-state index < -0.39 is 0 Å². The summed E-state index contributed by atoms with van der Waals surface area (Å²) in [6.07, 6.45) is 5.77. The smallest absolute Gasteiger partial charge is 0.410 e. The van der Waals surface area contributed by atoms with Crippen molar-refractivity contribution in [3.05, 3.63) is 89.2 Å². The average molecular weight is 467 g/mol. The Balaban J connectivity index is 1.17. The SMILES string of the molecule is Cc1cccnc1C(=O)C1CC2CCCC(C1)N2C(=O)OCC1c2ccccc2-c2ccccc21. The second kappa shape index (κ2) is 8.95. The molecule has 0 radical (unpaired) electrons. The minimum atomic E-state index is -0.235. The number of carbonyl (C=O) groups excluding carboxylic acids is 2. The Morgan fingerprint density at radius 3 is 2.17 bits per heavy atom. The lowest BCUT2D eigenvalue weighted by molar-refractivity contribution is 0.00639. The largest absolute Gasteiger partial charge is 0.448 e. The van der Waals surface area contributed by atoms with Crippen LogP contribution >= 0.6 is 0 Å². The van der Waals surface area contributed by atoms with E-state index in [-0.39, 0.29) is 35.8 Å². The summed E-state index contributed by atoms with van der Waals surface area (Å²) in [6.45, 7) is 2.27. The lowest BCUT2D eigenvalue weighted by Gasteiger charge is -2.47. The van der Waals surface area contributed by atoms with Crippen LogP contribution in [0.1, 0.15) is 65.2 Å². The summed E-state index contributed by atoms with van der Waals surface area (Å²) in [5, 5.41) is 0. The number of pyridine rings is 1. The minimum absolute atomic E-state index is 0.0520. The molecule has 2 bridgehead atoms. The van der Waals surface area contributed by atoms with E-state index in [1.54, 1.807) is 6.20 Å². The predicted octanol–water partition coefficient (Wildman–Crippen LogP) is 6.15. The Hall–Kier alpha value is -3.47. The first kappa shape index (κ1) is 22.0. The van der Waals surface area contributed by atoms with E-state index in [1.165, 1.54) is 22.3 Å². The van der Waals surface area contributed by atoms with Gasteiger partial charge in [-0.15, -0.1) is 0 Å². The molecule has 1 aliphatic carbocycles. The number of nitrogens with zero attached hydrogens (tertiary/aromatic N) is 2. The Kier molecular flexibility index (Phi) is 5.63. The van der Waals surface area contributed by atoms with E-state index in [0.29, 0.717) is 25.1 Å². The Morgan fingerprint density at radius 2 is 1.54 bits per heavy atom. The molecule has 5 heteroatoms. The van der Waals surface area contributed by atoms with E-state index in [4.69, 9.17) is 4.74 Å². The maximum atomic E-state index is 13.4. The molecule has 3 heterocycles. The van der Waals surface area contributed by atoms with Crippen LogP contribution in [-0.4, -0.2) is 40.5 Å². The molecule has 3 aliphatic rings. The zero-order valence-corrected chi connectivity index (χ0v) is 20.0. The Bertz CT molecular complexity index is 1230. The average Bonchev–Trinajstić information content (AvgIpc) is 3.20. The van der Waals surface area contributed by atoms with Gasteiger partial charge in [0.1, 0.15) is 12.3 Å². The number of Topliss-reactive ketones (excluding diaryl/α,β-unsaturated/α-hetero) is 1. The summed E-state index contributed by atoms with van der Waals surface area (Å²) < 4.78 is 6.00. The van der Waals surface area contributed by atoms with E-state index in [9.17, 15) is 9.59 Å². The topological polar surface area (TPSA) is 59.5 Å². The van der Waals surface area contributed by atoms with Crippen LogP contribution in [0.2, 0.25) is 0 Å². The molecule has 6 rings (SSSR count). The van der Waals surface area contributed by atoms with Crippen molar-refractivity contribution in [2.24, 2.45) is 5.92 Å². The molecule has 35 heavy (non-hydrogen) atoms. The highest BCUT2D eigenvalue weighted by Crippen LogP contribution is 2.45. The molecule has 0 N–H and O–H groups in total. The maximum Gasteiger partial charge on any atom is 0.410 e. The van der Waals surface area contributed by atoms with Crippen molar-refractivity contribution >= 4 is 11.9 Å². The molecular weight excluding hydrogens is 436 g/mol. The number of ketones is 1. The predicted molar refractivity (Wildman–Crippen MR) is 134 cm³/mol. The third-order valence-corrected chi connectivity index (χ3v) is 8.14. The van der Waals surface area contributed by atoms with Gasteiger partial charge in [-0.2, -0.15) is 0 Å². The van der Waals surface area contributed by atoms with Gasteiger partial charge in [0.25, 0.3) is 0 Å². The van der Waals surface area contributed by atoms with Gasteiger partial charge in [0.2, 0.25) is 0 Å². The minimum Gasteiger partial charge on any atom is -0.448 e. The molecule has 2 saturated heterocycles. The molecule has 3 aromatic rings. The molecule has 1 amide bonds. The van der Waals surface area contributed by atoms with Crippen molar-refractivity contribution in [3.8, 4) is 11.1 Å². The summed E-state index contributed by atoms with van der Waals surface area (Å²) in [7, 11) is 0. The summed E-state index contributed by atoms with van der Waals surface area (Å²) >= 11 is 0. The number of rotatable bonds is 4. The number of hydrogen-bond acceptors (Lipinski definition) is 4. The quantitative estimate of drug-likeness (QED) is 0.433. The normalized spacial score (nSPS) is 22.9. The first-order valence-electron chi connectivity index (χ1n) is 12.7. The van der Waals surface area contributed by atoms with E-state index in [1.807, 2.05) is 24.0 Å². The number of aryl methyl sites for hydroxylation is 1. The van der Waals surface area contributed by atoms with Crippen LogP contribution in [-0.2, 0) is 4.74 Å². The summed E-state index contributed by atoms with van der Waals surface area (Å²) in [5.74, 6) is 0.0844. The van der Waals surface area contributed by atoms with Gasteiger partial charge in [-0.25, -0.2) is 4.79 Å². The zero-order chi connectivity index (χ0) is 23.9. The van der Waals surface area contributed by atoms with Crippen LogP contribution in [0.25, 0.3) is 11.1 Å². The third kappa shape index (κ3) is 3.83. The van der Waals surface area contributed by atoms with Gasteiger partial charge in [-0.05, 0) is 72.9 Å². The van der Waals surface area contributed by atoms with Crippen molar-refractivity contribution < 1.29 is 14.3 Å². The fourth-order valence-electron chi connectivity index (χ4n) is 6.50. The highest BCUT2D eigenvalue weighted by Gasteiger charge is 2.44. The Morgan fingerprint density at radius 1 is 0.914 bits per heavy atom. The molecule has 2 unspecified atom stereocenters. The van der Waals surface area contributed by atoms with Gasteiger partial charge < -0.3 is 9.64 Å². The van der Waals surface area contributed by atoms with Crippen molar-refractivity contribution in [1.82, 2.24) is 9.88 Å². The number of piperidine rings is 2. The van der Waals surface area contributed by atoms with Gasteiger partial charge in [-0.1, -0.05) is 54.6 Å². The molecule has 0 spiro atoms. The zero-order valence-electron chi connectivity index (χ0n) is 20.0. The van der Waals surface area contributed by atoms with Crippen LogP contribution in [0.3, 0.4) is 0 Å². The lowest BCUT2D eigenvalue weighted by Crippen LogP contribution is -2.56. The second-order valence-electron chi connectivity index (χ2n) is 10.2. The number of carbonyl (C=O) groups is 2. The molecule has 2 atom stereocenters. The molecule has 2 aliphatic heterocycles. The number of ether oxygens (including phenoxy) is 1. The van der Waals surface area contributed by atoms with Crippen LogP contribution < -0.4 is 0 Å². The molecule has 1 aromatic heterocycles. The van der Waals surface area contributed by atoms with Gasteiger partial charge in [-0.3, -0.25) is 9.78 Å². The molecule has 2 aromatic carbocycles. The van der Waals surface area contributed by atoms with Crippen LogP contribution in [0.4, 0.5) is 4.79 Å². The van der Waals surface area contributed by atoms with Crippen molar-refractivity contribution in [3.63, 3.8) is 0 Å². The second-order valence-corrected chi connectivity index (χ2v) is 10.2. The van der Waals surface area contributed by atoms with Gasteiger partial charge in [0, 0.05) is 30.1 Å². The number of fused-ring (bicyclic) bond motifs is 5. The van der Waals surface area contributed by atoms with Gasteiger partial charge in [0.15, 0.2) is 5.78 Å². The monoisotopic (exact) mass is 466 g/mol. The maximum absolute atomic E-state index is 13.4. The van der Waals surface area contributed by atoms with Crippen molar-refractivity contribution in [2.45, 2.75) is 57.0 Å². The highest BCUT2D eigenvalue weighted by atomic mass is 16.6. The summed E-state index contributed by atoms with van der Waals surface area (Å²) in [5.41, 5.74) is 6.38. The fraction of sp³-hybridized carbons (Fsp3) is 0.367. The van der Waals surface area contributed by atoms with E-state index in [0.717, 1.165) is 24.8 Å². The first-order valence-corrected chi connectivity index (χ1v) is 12.7. The van der Waals surface area contributed by atoms with Crippen LogP contribution in [0, 0.1) is 12.8 Å². The molecule has 0 saturated carbocycles. The summed E-state index contributed by atoms with van der Waals surface area (Å²) in [6, 6.07) is 20.7. The number of amides is 1. The highest BCUT2D eigenvalue weighted by molar-refractivity contribution is 5.97. The number of benzene rings is 2. The molecule has 5 nitrogen and oxygen atoms in total. The van der Waals surface area contributed by atoms with Gasteiger partial charge >= 0.3 is 6.09 Å². The number of hydrogen-bond donors (Lipinski definition) is 0. The van der Waals surface area contributed by atoms with Crippen molar-refractivity contribution in [1.29, 1.82) is 0 Å². The summed E-state index contributed by atoms with van der Waals surface area (Å²) in [4.78, 5) is 33.0. The van der Waals surface area contributed by atoms with Crippen LogP contribution in [0.5, 0.6) is 0 Å². The van der Waals surface area contributed by atoms with Crippen molar-refractivity contribution in [2.75, 3.05) is 6.61 Å². The molecule has 2 fully saturated rings. The third-order valence-electron chi connectivity index (χ3n) is 8.14. The fourth-order valence-corrected chi connectivity index (χ4v) is 6.50. The Labute approximate surface area is 206 Å². The molecule has 178 valence electrons. The van der Waals surface area contributed by atoms with Gasteiger partial charge in [0.05, 0.1) is 0 Å². The number of aromatic nitrogens is 1. The van der Waals surface area contributed by atoms with E-state index >= 15 is 0 Å². The lowest BCUT2D eigenvalue weighted by atomic mass is 9.76. The van der Waals surface area contributed by atoms with E-state index in [2.05, 4.69) is 53.5 Å². The first-order chi connectivity index (χ1) is 17.1. The van der Waals surface area contributed by atoms with Crippen LogP contribution in [0.15, 0.2) is 66.9 Å². The molecular formula is C30H30N2O3. The standard InChI is InChI=1S/C30H30N2O3/c1-19-8-7-15-31-28(19)29(33)20-16-21-9-6-10-22(17-20)32(21)30(34)35-18-27-25-13-4-2-11-23(25)24-12-3-5-14-26(24)27/h2-5,7-8,11-15,20-22,27H,6,9-10,16-18H2,1H3.